The fourth-order valence-corrected chi connectivity index (χ4v) is 1.58. The Morgan fingerprint density at radius 1 is 1.64 bits per heavy atom. The van der Waals surface area contributed by atoms with Crippen molar-refractivity contribution in [2.45, 2.75) is 18.9 Å². The molecule has 1 fully saturated rings. The molecule has 1 aliphatic carbocycles. The van der Waals surface area contributed by atoms with Gasteiger partial charge >= 0.3 is 0 Å². The molecule has 0 bridgehead atoms. The quantitative estimate of drug-likeness (QED) is 0.907. The minimum atomic E-state index is -0.436. The molecule has 0 unspecified atom stereocenters. The Bertz CT molecular complexity index is 355. The molecular formula is C9H10BrFN2O. The van der Waals surface area contributed by atoms with Crippen molar-refractivity contribution in [2.24, 2.45) is 0 Å². The number of hydrogen-bond donors (Lipinski definition) is 1. The summed E-state index contributed by atoms with van der Waals surface area (Å²) in [5, 5.41) is 2.76. The van der Waals surface area contributed by atoms with Gasteiger partial charge in [-0.15, -0.1) is 0 Å². The Kier molecular flexibility index (Phi) is 2.58. The third kappa shape index (κ3) is 1.82. The summed E-state index contributed by atoms with van der Waals surface area (Å²) >= 11 is 3.20. The molecule has 2 rings (SSSR count). The molecule has 0 saturated heterocycles. The van der Waals surface area contributed by atoms with Gasteiger partial charge in [0.25, 0.3) is 5.88 Å². The summed E-state index contributed by atoms with van der Waals surface area (Å²) in [5.74, 6) is -0.353. The number of halogens is 2. The van der Waals surface area contributed by atoms with Gasteiger partial charge in [0.2, 0.25) is 5.82 Å². The van der Waals surface area contributed by atoms with Gasteiger partial charge in [-0.3, -0.25) is 0 Å². The predicted octanol–water partition coefficient (Wildman–Crippen LogP) is 2.57. The van der Waals surface area contributed by atoms with E-state index in [1.165, 1.54) is 6.20 Å². The van der Waals surface area contributed by atoms with Crippen LogP contribution in [0.25, 0.3) is 0 Å². The standard InChI is InChI=1S/C9H10BrFN2O/c1-12-8-6(10)4-13-9(7(8)11)14-5-2-3-5/h4-5H,2-3H2,1H3,(H,12,13). The van der Waals surface area contributed by atoms with E-state index in [9.17, 15) is 4.39 Å². The summed E-state index contributed by atoms with van der Waals surface area (Å²) in [6, 6.07) is 0. The largest absolute Gasteiger partial charge is 0.472 e. The molecule has 0 spiro atoms. The highest BCUT2D eigenvalue weighted by Crippen LogP contribution is 2.33. The van der Waals surface area contributed by atoms with E-state index in [0.717, 1.165) is 12.8 Å². The molecule has 5 heteroatoms. The van der Waals surface area contributed by atoms with Crippen LogP contribution in [0, 0.1) is 5.82 Å². The fraction of sp³-hybridized carbons (Fsp3) is 0.444. The zero-order valence-electron chi connectivity index (χ0n) is 7.68. The van der Waals surface area contributed by atoms with E-state index in [0.29, 0.717) is 10.2 Å². The van der Waals surface area contributed by atoms with Gasteiger partial charge in [-0.2, -0.15) is 4.39 Å². The number of nitrogens with zero attached hydrogens (tertiary/aromatic N) is 1. The van der Waals surface area contributed by atoms with Crippen LogP contribution in [0.4, 0.5) is 10.1 Å². The van der Waals surface area contributed by atoms with Crippen LogP contribution in [0.5, 0.6) is 5.88 Å². The first-order chi connectivity index (χ1) is 6.72. The number of anilines is 1. The summed E-state index contributed by atoms with van der Waals surface area (Å²) in [4.78, 5) is 3.88. The maximum Gasteiger partial charge on any atom is 0.252 e. The second-order valence-electron chi connectivity index (χ2n) is 3.17. The summed E-state index contributed by atoms with van der Waals surface area (Å²) in [6.45, 7) is 0. The highest BCUT2D eigenvalue weighted by Gasteiger charge is 2.26. The fourth-order valence-electron chi connectivity index (χ4n) is 1.10. The number of rotatable bonds is 3. The van der Waals surface area contributed by atoms with Gasteiger partial charge in [-0.25, -0.2) is 4.98 Å². The molecule has 0 atom stereocenters. The van der Waals surface area contributed by atoms with Crippen LogP contribution in [-0.4, -0.2) is 18.1 Å². The average Bonchev–Trinajstić information content (AvgIpc) is 2.95. The van der Waals surface area contributed by atoms with Crippen molar-refractivity contribution < 1.29 is 9.13 Å². The monoisotopic (exact) mass is 260 g/mol. The summed E-state index contributed by atoms with van der Waals surface area (Å²) in [5.41, 5.74) is 0.385. The van der Waals surface area contributed by atoms with Gasteiger partial charge in [-0.1, -0.05) is 0 Å². The van der Waals surface area contributed by atoms with Crippen molar-refractivity contribution in [2.75, 3.05) is 12.4 Å². The number of hydrogen-bond acceptors (Lipinski definition) is 3. The predicted molar refractivity (Wildman–Crippen MR) is 55.1 cm³/mol. The number of ether oxygens (including phenoxy) is 1. The minimum Gasteiger partial charge on any atom is -0.472 e. The lowest BCUT2D eigenvalue weighted by Crippen LogP contribution is -2.04. The number of aromatic nitrogens is 1. The molecule has 0 amide bonds. The molecule has 1 N–H and O–H groups in total. The Balaban J connectivity index is 2.30. The van der Waals surface area contributed by atoms with Gasteiger partial charge in [0.05, 0.1) is 10.2 Å². The minimum absolute atomic E-state index is 0.0834. The Morgan fingerprint density at radius 2 is 2.36 bits per heavy atom. The summed E-state index contributed by atoms with van der Waals surface area (Å²) in [7, 11) is 1.66. The van der Waals surface area contributed by atoms with E-state index in [4.69, 9.17) is 4.74 Å². The maximum atomic E-state index is 13.6. The van der Waals surface area contributed by atoms with Crippen LogP contribution in [0.3, 0.4) is 0 Å². The average molecular weight is 261 g/mol. The summed E-state index contributed by atoms with van der Waals surface area (Å²) < 4.78 is 19.5. The molecule has 1 aromatic rings. The van der Waals surface area contributed by atoms with Gasteiger partial charge < -0.3 is 10.1 Å². The molecule has 76 valence electrons. The third-order valence-electron chi connectivity index (χ3n) is 1.99. The zero-order valence-corrected chi connectivity index (χ0v) is 9.27. The van der Waals surface area contributed by atoms with Crippen LogP contribution in [-0.2, 0) is 0 Å². The van der Waals surface area contributed by atoms with Crippen molar-refractivity contribution in [1.82, 2.24) is 4.98 Å². The maximum absolute atomic E-state index is 13.6. The molecular weight excluding hydrogens is 251 g/mol. The smallest absolute Gasteiger partial charge is 0.252 e. The second-order valence-corrected chi connectivity index (χ2v) is 4.02. The van der Waals surface area contributed by atoms with E-state index in [-0.39, 0.29) is 12.0 Å². The van der Waals surface area contributed by atoms with Crippen LogP contribution in [0.15, 0.2) is 10.7 Å². The first kappa shape index (κ1) is 9.71. The Labute approximate surface area is 89.8 Å². The first-order valence-corrected chi connectivity index (χ1v) is 5.20. The molecule has 0 aliphatic heterocycles. The Hall–Kier alpha value is -0.840. The topological polar surface area (TPSA) is 34.2 Å². The number of nitrogens with one attached hydrogen (secondary N) is 1. The van der Waals surface area contributed by atoms with Gasteiger partial charge in [0.1, 0.15) is 6.10 Å². The zero-order chi connectivity index (χ0) is 10.1. The molecule has 0 radical (unpaired) electrons. The van der Waals surface area contributed by atoms with Crippen molar-refractivity contribution in [3.8, 4) is 5.88 Å². The lowest BCUT2D eigenvalue weighted by Gasteiger charge is -2.09. The lowest BCUT2D eigenvalue weighted by molar-refractivity contribution is 0.275. The highest BCUT2D eigenvalue weighted by atomic mass is 79.9. The van der Waals surface area contributed by atoms with Crippen LogP contribution < -0.4 is 10.1 Å². The molecule has 1 aliphatic rings. The van der Waals surface area contributed by atoms with Crippen LogP contribution in [0.2, 0.25) is 0 Å². The molecule has 1 saturated carbocycles. The normalized spacial score (nSPS) is 15.4. The van der Waals surface area contributed by atoms with Crippen molar-refractivity contribution in [3.63, 3.8) is 0 Å². The van der Waals surface area contributed by atoms with Gasteiger partial charge in [0.15, 0.2) is 0 Å². The molecule has 0 aromatic carbocycles. The SMILES string of the molecule is CNc1c(Br)cnc(OC2CC2)c1F. The second kappa shape index (κ2) is 3.73. The van der Waals surface area contributed by atoms with E-state index in [1.54, 1.807) is 7.05 Å². The van der Waals surface area contributed by atoms with Crippen molar-refractivity contribution in [1.29, 1.82) is 0 Å². The van der Waals surface area contributed by atoms with E-state index >= 15 is 0 Å². The molecule has 3 nitrogen and oxygen atoms in total. The van der Waals surface area contributed by atoms with Crippen LogP contribution >= 0.6 is 15.9 Å². The lowest BCUT2D eigenvalue weighted by atomic mass is 10.4. The first-order valence-electron chi connectivity index (χ1n) is 4.40. The van der Waals surface area contributed by atoms with Crippen molar-refractivity contribution >= 4 is 21.6 Å². The van der Waals surface area contributed by atoms with Gasteiger partial charge in [0, 0.05) is 13.2 Å². The Morgan fingerprint density at radius 3 is 2.93 bits per heavy atom. The van der Waals surface area contributed by atoms with E-state index < -0.39 is 5.82 Å². The third-order valence-corrected chi connectivity index (χ3v) is 2.60. The van der Waals surface area contributed by atoms with Crippen molar-refractivity contribution in [3.05, 3.63) is 16.5 Å². The molecule has 1 heterocycles. The molecule has 1 aromatic heterocycles. The number of pyridine rings is 1. The molecule has 14 heavy (non-hydrogen) atoms. The highest BCUT2D eigenvalue weighted by molar-refractivity contribution is 9.10. The van der Waals surface area contributed by atoms with E-state index in [1.807, 2.05) is 0 Å². The van der Waals surface area contributed by atoms with E-state index in [2.05, 4.69) is 26.2 Å². The van der Waals surface area contributed by atoms with Crippen LogP contribution in [0.1, 0.15) is 12.8 Å². The van der Waals surface area contributed by atoms with Gasteiger partial charge in [-0.05, 0) is 28.8 Å². The summed E-state index contributed by atoms with van der Waals surface area (Å²) in [6.07, 6.45) is 3.67.